The maximum atomic E-state index is 5.70. The first kappa shape index (κ1) is 13.0. The smallest absolute Gasteiger partial charge is 0.256 e. The highest BCUT2D eigenvalue weighted by Gasteiger charge is 2.33. The molecule has 3 heterocycles. The molecule has 7 nitrogen and oxygen atoms in total. The predicted octanol–water partition coefficient (Wildman–Crippen LogP) is 1.67. The average molecular weight is 275 g/mol. The number of hydrogen-bond donors (Lipinski definition) is 1. The Kier molecular flexibility index (Phi) is 3.60. The summed E-state index contributed by atoms with van der Waals surface area (Å²) in [7, 11) is 0. The first-order valence-electron chi connectivity index (χ1n) is 6.66. The van der Waals surface area contributed by atoms with E-state index in [1.54, 1.807) is 19.3 Å². The van der Waals surface area contributed by atoms with Crippen molar-refractivity contribution in [1.29, 1.82) is 0 Å². The standard InChI is InChI=1S/C13H17N5O2/c1-8-5-14-13(15-6-8)16-7-10-3-4-19-11(10)12-17-9(2)18-20-12/h5-6,10-11H,3-4,7H2,1-2H3,(H,14,15,16)/t10-,11-/m0/s1. The van der Waals surface area contributed by atoms with Crippen LogP contribution in [-0.4, -0.2) is 33.3 Å². The van der Waals surface area contributed by atoms with Crippen molar-refractivity contribution in [2.75, 3.05) is 18.5 Å². The van der Waals surface area contributed by atoms with Crippen molar-refractivity contribution in [1.82, 2.24) is 20.1 Å². The molecule has 0 saturated carbocycles. The van der Waals surface area contributed by atoms with Crippen LogP contribution >= 0.6 is 0 Å². The summed E-state index contributed by atoms with van der Waals surface area (Å²) < 4.78 is 10.9. The molecule has 0 amide bonds. The molecule has 0 aliphatic carbocycles. The van der Waals surface area contributed by atoms with E-state index in [1.807, 2.05) is 6.92 Å². The second kappa shape index (κ2) is 5.54. The van der Waals surface area contributed by atoms with Gasteiger partial charge in [-0.3, -0.25) is 0 Å². The van der Waals surface area contributed by atoms with Gasteiger partial charge in [0.1, 0.15) is 6.10 Å². The Labute approximate surface area is 116 Å². The highest BCUT2D eigenvalue weighted by molar-refractivity contribution is 5.24. The van der Waals surface area contributed by atoms with Crippen molar-refractivity contribution in [3.63, 3.8) is 0 Å². The first-order chi connectivity index (χ1) is 9.72. The molecule has 20 heavy (non-hydrogen) atoms. The van der Waals surface area contributed by atoms with Crippen molar-refractivity contribution in [3.8, 4) is 0 Å². The van der Waals surface area contributed by atoms with E-state index in [-0.39, 0.29) is 12.0 Å². The monoisotopic (exact) mass is 275 g/mol. The van der Waals surface area contributed by atoms with Crippen molar-refractivity contribution in [3.05, 3.63) is 29.7 Å². The van der Waals surface area contributed by atoms with Crippen LogP contribution in [0.15, 0.2) is 16.9 Å². The zero-order valence-electron chi connectivity index (χ0n) is 11.5. The van der Waals surface area contributed by atoms with Gasteiger partial charge in [-0.25, -0.2) is 9.97 Å². The zero-order valence-corrected chi connectivity index (χ0v) is 11.5. The number of aromatic nitrogens is 4. The first-order valence-corrected chi connectivity index (χ1v) is 6.66. The van der Waals surface area contributed by atoms with Crippen molar-refractivity contribution >= 4 is 5.95 Å². The molecule has 0 aromatic carbocycles. The topological polar surface area (TPSA) is 86.0 Å². The molecule has 0 unspecified atom stereocenters. The fourth-order valence-electron chi connectivity index (χ4n) is 2.25. The van der Waals surface area contributed by atoms with Gasteiger partial charge in [0.15, 0.2) is 5.82 Å². The van der Waals surface area contributed by atoms with Crippen LogP contribution in [0.2, 0.25) is 0 Å². The Balaban J connectivity index is 1.63. The Hall–Kier alpha value is -2.02. The molecular formula is C13H17N5O2. The summed E-state index contributed by atoms with van der Waals surface area (Å²) in [6, 6.07) is 0. The Bertz CT molecular complexity index is 568. The second-order valence-electron chi connectivity index (χ2n) is 4.98. The van der Waals surface area contributed by atoms with Crippen molar-refractivity contribution in [2.24, 2.45) is 5.92 Å². The molecule has 2 atom stereocenters. The van der Waals surface area contributed by atoms with Gasteiger partial charge in [0.05, 0.1) is 0 Å². The fourth-order valence-corrected chi connectivity index (χ4v) is 2.25. The van der Waals surface area contributed by atoms with E-state index in [0.29, 0.717) is 24.3 Å². The number of aryl methyl sites for hydroxylation is 2. The minimum atomic E-state index is -0.144. The number of rotatable bonds is 4. The van der Waals surface area contributed by atoms with Gasteiger partial charge in [-0.1, -0.05) is 5.16 Å². The summed E-state index contributed by atoms with van der Waals surface area (Å²) in [5.41, 5.74) is 1.04. The van der Waals surface area contributed by atoms with E-state index in [0.717, 1.165) is 18.5 Å². The van der Waals surface area contributed by atoms with Crippen molar-refractivity contribution < 1.29 is 9.26 Å². The van der Waals surface area contributed by atoms with Crippen LogP contribution in [0, 0.1) is 19.8 Å². The molecule has 1 aliphatic rings. The minimum absolute atomic E-state index is 0.144. The summed E-state index contributed by atoms with van der Waals surface area (Å²) in [5, 5.41) is 7.04. The predicted molar refractivity (Wildman–Crippen MR) is 71.1 cm³/mol. The lowest BCUT2D eigenvalue weighted by atomic mass is 10.0. The van der Waals surface area contributed by atoms with Gasteiger partial charge in [-0.05, 0) is 25.8 Å². The normalized spacial score (nSPS) is 22.1. The number of anilines is 1. The number of nitrogens with zero attached hydrogens (tertiary/aromatic N) is 4. The van der Waals surface area contributed by atoms with Gasteiger partial charge < -0.3 is 14.6 Å². The lowest BCUT2D eigenvalue weighted by Gasteiger charge is -2.15. The lowest BCUT2D eigenvalue weighted by molar-refractivity contribution is 0.0649. The minimum Gasteiger partial charge on any atom is -0.368 e. The summed E-state index contributed by atoms with van der Waals surface area (Å²) in [4.78, 5) is 12.7. The maximum Gasteiger partial charge on any atom is 0.256 e. The third-order valence-electron chi connectivity index (χ3n) is 3.30. The van der Waals surface area contributed by atoms with Crippen LogP contribution in [0.3, 0.4) is 0 Å². The Morgan fingerprint density at radius 3 is 2.80 bits per heavy atom. The summed E-state index contributed by atoms with van der Waals surface area (Å²) in [6.45, 7) is 5.18. The molecule has 0 bridgehead atoms. The fraction of sp³-hybridized carbons (Fsp3) is 0.538. The van der Waals surface area contributed by atoms with Gasteiger partial charge in [0.2, 0.25) is 5.95 Å². The van der Waals surface area contributed by atoms with E-state index in [2.05, 4.69) is 25.4 Å². The highest BCUT2D eigenvalue weighted by atomic mass is 16.5. The molecule has 1 aliphatic heterocycles. The van der Waals surface area contributed by atoms with Gasteiger partial charge >= 0.3 is 0 Å². The maximum absolute atomic E-state index is 5.70. The summed E-state index contributed by atoms with van der Waals surface area (Å²) >= 11 is 0. The molecule has 2 aromatic heterocycles. The van der Waals surface area contributed by atoms with Gasteiger partial charge in [-0.2, -0.15) is 4.98 Å². The molecule has 0 spiro atoms. The molecule has 7 heteroatoms. The van der Waals surface area contributed by atoms with E-state index in [1.165, 1.54) is 0 Å². The van der Waals surface area contributed by atoms with E-state index >= 15 is 0 Å². The average Bonchev–Trinajstić information content (AvgIpc) is 3.06. The van der Waals surface area contributed by atoms with Crippen molar-refractivity contribution in [2.45, 2.75) is 26.4 Å². The van der Waals surface area contributed by atoms with Crippen LogP contribution in [0.25, 0.3) is 0 Å². The number of nitrogens with one attached hydrogen (secondary N) is 1. The molecular weight excluding hydrogens is 258 g/mol. The van der Waals surface area contributed by atoms with E-state index in [4.69, 9.17) is 9.26 Å². The summed E-state index contributed by atoms with van der Waals surface area (Å²) in [6.07, 6.45) is 4.39. The number of hydrogen-bond acceptors (Lipinski definition) is 7. The summed E-state index contributed by atoms with van der Waals surface area (Å²) in [5.74, 6) is 2.09. The number of ether oxygens (including phenoxy) is 1. The molecule has 1 fully saturated rings. The molecule has 106 valence electrons. The van der Waals surface area contributed by atoms with E-state index < -0.39 is 0 Å². The van der Waals surface area contributed by atoms with E-state index in [9.17, 15) is 0 Å². The molecule has 0 radical (unpaired) electrons. The van der Waals surface area contributed by atoms with Gasteiger partial charge in [0.25, 0.3) is 5.89 Å². The highest BCUT2D eigenvalue weighted by Crippen LogP contribution is 2.33. The Morgan fingerprint density at radius 1 is 1.30 bits per heavy atom. The molecule has 1 N–H and O–H groups in total. The molecule has 2 aromatic rings. The third kappa shape index (κ3) is 2.77. The lowest BCUT2D eigenvalue weighted by Crippen LogP contribution is -2.19. The SMILES string of the molecule is Cc1cnc(NC[C@@H]2CCO[C@@H]2c2nc(C)no2)nc1. The van der Waals surface area contributed by atoms with Crippen LogP contribution in [-0.2, 0) is 4.74 Å². The van der Waals surface area contributed by atoms with Crippen LogP contribution in [0.5, 0.6) is 0 Å². The Morgan fingerprint density at radius 2 is 2.10 bits per heavy atom. The zero-order chi connectivity index (χ0) is 13.9. The van der Waals surface area contributed by atoms with Crippen LogP contribution in [0.4, 0.5) is 5.95 Å². The van der Waals surface area contributed by atoms with Gasteiger partial charge in [0, 0.05) is 31.5 Å². The molecule has 1 saturated heterocycles. The largest absolute Gasteiger partial charge is 0.368 e. The van der Waals surface area contributed by atoms with Crippen LogP contribution < -0.4 is 5.32 Å². The third-order valence-corrected chi connectivity index (χ3v) is 3.30. The van der Waals surface area contributed by atoms with Crippen LogP contribution in [0.1, 0.15) is 29.8 Å². The quantitative estimate of drug-likeness (QED) is 0.908. The molecule has 3 rings (SSSR count). The second-order valence-corrected chi connectivity index (χ2v) is 4.98. The van der Waals surface area contributed by atoms with Gasteiger partial charge in [-0.15, -0.1) is 0 Å².